The Morgan fingerprint density at radius 1 is 1.36 bits per heavy atom. The Balaban J connectivity index is 1.64. The molecule has 3 heterocycles. The molecule has 3 rings (SSSR count). The molecule has 1 aromatic rings. The van der Waals surface area contributed by atoms with E-state index in [1.807, 2.05) is 20.0 Å². The van der Waals surface area contributed by atoms with Crippen LogP contribution in [0.4, 0.5) is 0 Å². The molecule has 3 N–H and O–H groups in total. The molecule has 1 amide bonds. The van der Waals surface area contributed by atoms with Gasteiger partial charge in [0, 0.05) is 37.0 Å². The first-order valence-electron chi connectivity index (χ1n) is 9.59. The lowest BCUT2D eigenvalue weighted by molar-refractivity contribution is -0.162. The highest BCUT2D eigenvalue weighted by atomic mass is 32.2. The van der Waals surface area contributed by atoms with E-state index in [0.717, 1.165) is 12.1 Å². The van der Waals surface area contributed by atoms with Gasteiger partial charge in [0.05, 0.1) is 29.0 Å². The summed E-state index contributed by atoms with van der Waals surface area (Å²) in [6, 6.07) is -0.164. The van der Waals surface area contributed by atoms with Gasteiger partial charge in [0.2, 0.25) is 6.35 Å². The van der Waals surface area contributed by atoms with Crippen LogP contribution in [-0.4, -0.2) is 81.7 Å². The van der Waals surface area contributed by atoms with E-state index in [0.29, 0.717) is 25.0 Å². The molecule has 1 fully saturated rings. The van der Waals surface area contributed by atoms with E-state index in [-0.39, 0.29) is 29.2 Å². The van der Waals surface area contributed by atoms with Crippen molar-refractivity contribution in [3.63, 3.8) is 0 Å². The Morgan fingerprint density at radius 3 is 2.71 bits per heavy atom. The second-order valence-corrected chi connectivity index (χ2v) is 8.97. The molecule has 1 saturated heterocycles. The number of aryl methyl sites for hydroxylation is 2. The van der Waals surface area contributed by atoms with Gasteiger partial charge >= 0.3 is 0 Å². The van der Waals surface area contributed by atoms with Gasteiger partial charge in [-0.25, -0.2) is 0 Å². The summed E-state index contributed by atoms with van der Waals surface area (Å²) in [4.78, 5) is 15.9. The van der Waals surface area contributed by atoms with E-state index in [1.54, 1.807) is 22.7 Å². The number of carbonyl (C=O) groups excluding carboxylic acids is 1. The number of aliphatic hydroxyl groups is 3. The first-order valence-corrected chi connectivity index (χ1v) is 10.5. The normalized spacial score (nSPS) is 29.4. The van der Waals surface area contributed by atoms with E-state index >= 15 is 0 Å². The Morgan fingerprint density at radius 2 is 2.11 bits per heavy atom. The van der Waals surface area contributed by atoms with Gasteiger partial charge in [-0.05, 0) is 33.6 Å². The van der Waals surface area contributed by atoms with Crippen LogP contribution < -0.4 is 0 Å². The lowest BCUT2D eigenvalue weighted by Crippen LogP contribution is -2.58. The van der Waals surface area contributed by atoms with Crippen molar-refractivity contribution in [2.45, 2.75) is 75.7 Å². The summed E-state index contributed by atoms with van der Waals surface area (Å²) in [6.45, 7) is 6.13. The van der Waals surface area contributed by atoms with Crippen molar-refractivity contribution in [2.75, 3.05) is 6.61 Å². The van der Waals surface area contributed by atoms with Crippen molar-refractivity contribution in [1.29, 1.82) is 0 Å². The largest absolute Gasteiger partial charge is 0.395 e. The predicted octanol–water partition coefficient (Wildman–Crippen LogP) is 0.264. The number of aromatic nitrogens is 3. The number of nitrogens with zero attached hydrogens (tertiary/aromatic N) is 5. The Kier molecular flexibility index (Phi) is 6.64. The van der Waals surface area contributed by atoms with E-state index in [1.165, 1.54) is 16.7 Å². The van der Waals surface area contributed by atoms with Crippen LogP contribution >= 0.6 is 11.8 Å². The molecular formula is C18H29N5O4S. The summed E-state index contributed by atoms with van der Waals surface area (Å²) in [5.74, 6) is -0.185. The molecule has 2 aliphatic heterocycles. The minimum atomic E-state index is -1.10. The molecule has 0 bridgehead atoms. The Bertz CT molecular complexity index is 727. The molecule has 9 nitrogen and oxygen atoms in total. The van der Waals surface area contributed by atoms with Crippen molar-refractivity contribution in [1.82, 2.24) is 24.8 Å². The number of thioether (sulfide) groups is 1. The monoisotopic (exact) mass is 411 g/mol. The van der Waals surface area contributed by atoms with Crippen LogP contribution in [0.5, 0.6) is 0 Å². The third-order valence-corrected chi connectivity index (χ3v) is 6.85. The van der Waals surface area contributed by atoms with Gasteiger partial charge in [-0.1, -0.05) is 5.21 Å². The van der Waals surface area contributed by atoms with E-state index in [9.17, 15) is 20.1 Å². The van der Waals surface area contributed by atoms with Crippen LogP contribution in [0.1, 0.15) is 38.8 Å². The smallest absolute Gasteiger partial charge is 0.254 e. The molecule has 0 aliphatic carbocycles. The number of carbonyl (C=O) groups is 1. The molecule has 0 spiro atoms. The molecular weight excluding hydrogens is 382 g/mol. The van der Waals surface area contributed by atoms with Crippen LogP contribution in [0, 0.1) is 6.92 Å². The van der Waals surface area contributed by atoms with Crippen molar-refractivity contribution >= 4 is 17.7 Å². The third-order valence-electron chi connectivity index (χ3n) is 5.28. The fraction of sp³-hybridized carbons (Fsp3) is 0.722. The van der Waals surface area contributed by atoms with Gasteiger partial charge in [-0.3, -0.25) is 14.4 Å². The second kappa shape index (κ2) is 8.81. The van der Waals surface area contributed by atoms with Gasteiger partial charge in [0.25, 0.3) is 5.91 Å². The highest BCUT2D eigenvalue weighted by Crippen LogP contribution is 2.39. The fourth-order valence-corrected chi connectivity index (χ4v) is 5.11. The summed E-state index contributed by atoms with van der Waals surface area (Å²) in [5.41, 5.74) is 1.41. The van der Waals surface area contributed by atoms with Crippen molar-refractivity contribution < 1.29 is 20.1 Å². The first-order chi connectivity index (χ1) is 13.3. The van der Waals surface area contributed by atoms with Crippen molar-refractivity contribution in [3.05, 3.63) is 23.7 Å². The summed E-state index contributed by atoms with van der Waals surface area (Å²) in [7, 11) is 0. The molecule has 156 valence electrons. The average molecular weight is 412 g/mol. The molecule has 1 aromatic heterocycles. The summed E-state index contributed by atoms with van der Waals surface area (Å²) in [6.07, 6.45) is 3.75. The summed E-state index contributed by atoms with van der Waals surface area (Å²) < 4.78 is 1.78. The minimum Gasteiger partial charge on any atom is -0.395 e. The maximum absolute atomic E-state index is 12.7. The zero-order valence-electron chi connectivity index (χ0n) is 16.5. The van der Waals surface area contributed by atoms with Crippen LogP contribution in [0.15, 0.2) is 18.0 Å². The molecule has 5 unspecified atom stereocenters. The Hall–Kier alpha value is -1.62. The SMILES string of the molecule is CC1=CN(C2CC(O)C(CO)S2)C(O)N(C(C)CCCn2cc(C)nn2)C1=O. The average Bonchev–Trinajstić information content (AvgIpc) is 3.23. The second-order valence-electron chi connectivity index (χ2n) is 7.55. The topological polar surface area (TPSA) is 115 Å². The third kappa shape index (κ3) is 4.35. The fourth-order valence-electron chi connectivity index (χ4n) is 3.71. The first kappa shape index (κ1) is 21.1. The number of aliphatic hydroxyl groups excluding tert-OH is 3. The van der Waals surface area contributed by atoms with Crippen LogP contribution in [0.2, 0.25) is 0 Å². The van der Waals surface area contributed by atoms with Gasteiger partial charge in [0.15, 0.2) is 0 Å². The quantitative estimate of drug-likeness (QED) is 0.586. The number of rotatable bonds is 7. The lowest BCUT2D eigenvalue weighted by atomic mass is 10.1. The standard InChI is InChI=1S/C18H29N5O4S/c1-11-8-22(16-7-14(25)15(10-24)28-16)18(27)23(17(11)26)13(3)5-4-6-21-9-12(2)19-20-21/h8-9,13-16,18,24-25,27H,4-7,10H2,1-3H3. The van der Waals surface area contributed by atoms with Gasteiger partial charge in [-0.2, -0.15) is 0 Å². The summed E-state index contributed by atoms with van der Waals surface area (Å²) in [5, 5.41) is 37.9. The van der Waals surface area contributed by atoms with E-state index in [4.69, 9.17) is 0 Å². The molecule has 0 radical (unpaired) electrons. The number of hydrogen-bond acceptors (Lipinski definition) is 8. The van der Waals surface area contributed by atoms with Crippen molar-refractivity contribution in [3.8, 4) is 0 Å². The molecule has 0 saturated carbocycles. The van der Waals surface area contributed by atoms with Crippen LogP contribution in [-0.2, 0) is 11.3 Å². The number of amides is 1. The molecule has 0 aromatic carbocycles. The van der Waals surface area contributed by atoms with Crippen molar-refractivity contribution in [2.24, 2.45) is 0 Å². The molecule has 5 atom stereocenters. The van der Waals surface area contributed by atoms with Gasteiger partial charge < -0.3 is 20.2 Å². The highest BCUT2D eigenvalue weighted by Gasteiger charge is 2.43. The Labute approximate surface area is 169 Å². The zero-order valence-corrected chi connectivity index (χ0v) is 17.3. The zero-order chi connectivity index (χ0) is 20.4. The molecule has 28 heavy (non-hydrogen) atoms. The molecule has 10 heteroatoms. The summed E-state index contributed by atoms with van der Waals surface area (Å²) >= 11 is 1.43. The van der Waals surface area contributed by atoms with E-state index < -0.39 is 12.5 Å². The highest BCUT2D eigenvalue weighted by molar-refractivity contribution is 8.00. The van der Waals surface area contributed by atoms with Gasteiger partial charge in [0.1, 0.15) is 0 Å². The maximum atomic E-state index is 12.7. The van der Waals surface area contributed by atoms with Gasteiger partial charge in [-0.15, -0.1) is 16.9 Å². The predicted molar refractivity (Wildman–Crippen MR) is 105 cm³/mol. The molecule has 2 aliphatic rings. The van der Waals surface area contributed by atoms with Crippen LogP contribution in [0.3, 0.4) is 0 Å². The minimum absolute atomic E-state index is 0.115. The number of hydrogen-bond donors (Lipinski definition) is 3. The lowest BCUT2D eigenvalue weighted by Gasteiger charge is -2.44. The maximum Gasteiger partial charge on any atom is 0.254 e. The van der Waals surface area contributed by atoms with E-state index in [2.05, 4.69) is 10.3 Å². The van der Waals surface area contributed by atoms with Crippen LogP contribution in [0.25, 0.3) is 0 Å².